The van der Waals surface area contributed by atoms with Gasteiger partial charge in [0.1, 0.15) is 0 Å². The molecule has 4 heteroatoms. The molecule has 0 bridgehead atoms. The van der Waals surface area contributed by atoms with Crippen molar-refractivity contribution in [1.82, 2.24) is 5.32 Å². The lowest BCUT2D eigenvalue weighted by molar-refractivity contribution is 0.485. The van der Waals surface area contributed by atoms with Gasteiger partial charge in [-0.15, -0.1) is 0 Å². The molecule has 0 saturated heterocycles. The highest BCUT2D eigenvalue weighted by Gasteiger charge is 2.16. The summed E-state index contributed by atoms with van der Waals surface area (Å²) in [6, 6.07) is 2.20. The van der Waals surface area contributed by atoms with E-state index in [-0.39, 0.29) is 11.1 Å². The van der Waals surface area contributed by atoms with Crippen LogP contribution in [0, 0.1) is 11.6 Å². The molecule has 16 heavy (non-hydrogen) atoms. The number of hydrogen-bond donors (Lipinski definition) is 1. The number of rotatable bonds is 5. The van der Waals surface area contributed by atoms with E-state index in [2.05, 4.69) is 5.32 Å². The minimum Gasteiger partial charge on any atom is -0.310 e. The summed E-state index contributed by atoms with van der Waals surface area (Å²) in [5.74, 6) is -1.75. The predicted molar refractivity (Wildman–Crippen MR) is 62.7 cm³/mol. The van der Waals surface area contributed by atoms with Crippen LogP contribution in [0.1, 0.15) is 38.3 Å². The van der Waals surface area contributed by atoms with E-state index in [0.717, 1.165) is 25.5 Å². The Morgan fingerprint density at radius 2 is 1.88 bits per heavy atom. The van der Waals surface area contributed by atoms with Crippen LogP contribution >= 0.6 is 11.6 Å². The van der Waals surface area contributed by atoms with E-state index in [4.69, 9.17) is 11.6 Å². The fourth-order valence-corrected chi connectivity index (χ4v) is 1.99. The zero-order chi connectivity index (χ0) is 12.1. The lowest BCUT2D eigenvalue weighted by atomic mass is 10.0. The van der Waals surface area contributed by atoms with E-state index in [0.29, 0.717) is 5.56 Å². The van der Waals surface area contributed by atoms with Gasteiger partial charge in [0, 0.05) is 11.1 Å². The second-order valence-corrected chi connectivity index (χ2v) is 4.09. The highest BCUT2D eigenvalue weighted by Crippen LogP contribution is 2.28. The van der Waals surface area contributed by atoms with E-state index in [1.54, 1.807) is 0 Å². The first-order chi connectivity index (χ1) is 7.60. The van der Waals surface area contributed by atoms with Crippen LogP contribution in [0.5, 0.6) is 0 Å². The molecule has 1 N–H and O–H groups in total. The van der Waals surface area contributed by atoms with Gasteiger partial charge in [0.05, 0.1) is 0 Å². The van der Waals surface area contributed by atoms with Crippen LogP contribution in [-0.2, 0) is 0 Å². The minimum absolute atomic E-state index is 0.0161. The van der Waals surface area contributed by atoms with Gasteiger partial charge in [-0.2, -0.15) is 0 Å². The first-order valence-corrected chi connectivity index (χ1v) is 5.85. The van der Waals surface area contributed by atoms with Gasteiger partial charge in [-0.3, -0.25) is 0 Å². The molecule has 1 atom stereocenters. The maximum Gasteiger partial charge on any atom is 0.160 e. The molecule has 1 rings (SSSR count). The number of halogens is 3. The molecule has 0 saturated carbocycles. The fourth-order valence-electron chi connectivity index (χ4n) is 1.71. The van der Waals surface area contributed by atoms with Crippen molar-refractivity contribution in [3.63, 3.8) is 0 Å². The number of nitrogens with one attached hydrogen (secondary N) is 1. The molecule has 0 heterocycles. The molecule has 0 aliphatic heterocycles. The molecule has 0 spiro atoms. The van der Waals surface area contributed by atoms with Crippen molar-refractivity contribution >= 4 is 11.6 Å². The molecule has 0 aromatic heterocycles. The molecular weight excluding hydrogens is 232 g/mol. The summed E-state index contributed by atoms with van der Waals surface area (Å²) in [6.07, 6.45) is 1.80. The lowest BCUT2D eigenvalue weighted by Crippen LogP contribution is -2.21. The van der Waals surface area contributed by atoms with Crippen molar-refractivity contribution in [3.8, 4) is 0 Å². The summed E-state index contributed by atoms with van der Waals surface area (Å²) in [6.45, 7) is 4.77. The lowest BCUT2D eigenvalue weighted by Gasteiger charge is -2.19. The Bertz CT molecular complexity index is 349. The number of hydrogen-bond acceptors (Lipinski definition) is 1. The van der Waals surface area contributed by atoms with Crippen LogP contribution in [0.15, 0.2) is 12.1 Å². The Balaban J connectivity index is 3.03. The Hall–Kier alpha value is -0.670. The molecule has 0 radical (unpaired) electrons. The van der Waals surface area contributed by atoms with Crippen LogP contribution < -0.4 is 5.32 Å². The van der Waals surface area contributed by atoms with Gasteiger partial charge < -0.3 is 5.32 Å². The molecular formula is C12H16ClF2N. The first kappa shape index (κ1) is 13.4. The maximum absolute atomic E-state index is 13.1. The molecule has 90 valence electrons. The Kier molecular flexibility index (Phi) is 5.16. The summed E-state index contributed by atoms with van der Waals surface area (Å²) in [4.78, 5) is 0. The first-order valence-electron chi connectivity index (χ1n) is 5.48. The smallest absolute Gasteiger partial charge is 0.160 e. The van der Waals surface area contributed by atoms with Gasteiger partial charge in [-0.25, -0.2) is 8.78 Å². The van der Waals surface area contributed by atoms with Gasteiger partial charge >= 0.3 is 0 Å². The van der Waals surface area contributed by atoms with Gasteiger partial charge in [0.25, 0.3) is 0 Å². The predicted octanol–water partition coefficient (Wildman–Crippen LogP) is 4.07. The highest BCUT2D eigenvalue weighted by atomic mass is 35.5. The van der Waals surface area contributed by atoms with Crippen LogP contribution in [0.3, 0.4) is 0 Å². The van der Waals surface area contributed by atoms with Gasteiger partial charge in [-0.05, 0) is 30.7 Å². The minimum atomic E-state index is -0.902. The zero-order valence-electron chi connectivity index (χ0n) is 9.49. The van der Waals surface area contributed by atoms with Gasteiger partial charge in [-0.1, -0.05) is 31.9 Å². The molecule has 0 fully saturated rings. The Morgan fingerprint density at radius 1 is 1.25 bits per heavy atom. The van der Waals surface area contributed by atoms with Crippen molar-refractivity contribution in [2.45, 2.75) is 32.7 Å². The third kappa shape index (κ3) is 3.16. The second-order valence-electron chi connectivity index (χ2n) is 3.69. The molecule has 1 nitrogen and oxygen atoms in total. The summed E-state index contributed by atoms with van der Waals surface area (Å²) in [5.41, 5.74) is 0.629. The van der Waals surface area contributed by atoms with Crippen molar-refractivity contribution in [1.29, 1.82) is 0 Å². The largest absolute Gasteiger partial charge is 0.310 e. The van der Waals surface area contributed by atoms with Crippen molar-refractivity contribution in [3.05, 3.63) is 34.4 Å². The number of benzene rings is 1. The molecule has 0 aliphatic rings. The van der Waals surface area contributed by atoms with Gasteiger partial charge in [0.15, 0.2) is 11.6 Å². The third-order valence-corrected chi connectivity index (χ3v) is 2.77. The standard InChI is InChI=1S/C12H16ClF2N/c1-3-5-12(16-4-2)8-6-10(14)11(15)7-9(8)13/h6-7,12,16H,3-5H2,1-2H3. The monoisotopic (exact) mass is 247 g/mol. The van der Waals surface area contributed by atoms with Crippen LogP contribution in [0.4, 0.5) is 8.78 Å². The topological polar surface area (TPSA) is 12.0 Å². The quantitative estimate of drug-likeness (QED) is 0.774. The van der Waals surface area contributed by atoms with Crippen molar-refractivity contribution < 1.29 is 8.78 Å². The van der Waals surface area contributed by atoms with Crippen LogP contribution in [0.25, 0.3) is 0 Å². The summed E-state index contributed by atoms with van der Waals surface area (Å²) in [5, 5.41) is 3.49. The van der Waals surface area contributed by atoms with Crippen LogP contribution in [-0.4, -0.2) is 6.54 Å². The molecule has 0 aliphatic carbocycles. The average Bonchev–Trinajstić information content (AvgIpc) is 2.23. The average molecular weight is 248 g/mol. The van der Waals surface area contributed by atoms with Crippen LogP contribution in [0.2, 0.25) is 5.02 Å². The summed E-state index contributed by atoms with van der Waals surface area (Å²) >= 11 is 5.92. The Morgan fingerprint density at radius 3 is 2.44 bits per heavy atom. The van der Waals surface area contributed by atoms with Crippen molar-refractivity contribution in [2.24, 2.45) is 0 Å². The van der Waals surface area contributed by atoms with Gasteiger partial charge in [0.2, 0.25) is 0 Å². The third-order valence-electron chi connectivity index (χ3n) is 2.44. The normalized spacial score (nSPS) is 12.8. The van der Waals surface area contributed by atoms with E-state index in [1.165, 1.54) is 6.07 Å². The summed E-state index contributed by atoms with van der Waals surface area (Å²) < 4.78 is 26.1. The highest BCUT2D eigenvalue weighted by molar-refractivity contribution is 6.31. The fraction of sp³-hybridized carbons (Fsp3) is 0.500. The molecule has 1 unspecified atom stereocenters. The molecule has 0 amide bonds. The molecule has 1 aromatic carbocycles. The van der Waals surface area contributed by atoms with E-state index >= 15 is 0 Å². The second kappa shape index (κ2) is 6.16. The van der Waals surface area contributed by atoms with Crippen molar-refractivity contribution in [2.75, 3.05) is 6.54 Å². The molecule has 1 aromatic rings. The maximum atomic E-state index is 13.1. The SMILES string of the molecule is CCCC(NCC)c1cc(F)c(F)cc1Cl. The van der Waals surface area contributed by atoms with E-state index in [1.807, 2.05) is 13.8 Å². The van der Waals surface area contributed by atoms with E-state index in [9.17, 15) is 8.78 Å². The van der Waals surface area contributed by atoms with E-state index < -0.39 is 11.6 Å². The summed E-state index contributed by atoms with van der Waals surface area (Å²) in [7, 11) is 0. The zero-order valence-corrected chi connectivity index (χ0v) is 10.2. The Labute approximate surface area is 99.8 Å².